The lowest BCUT2D eigenvalue weighted by molar-refractivity contribution is -0.140. The first-order valence-electron chi connectivity index (χ1n) is 8.42. The van der Waals surface area contributed by atoms with Gasteiger partial charge in [0, 0.05) is 18.7 Å². The maximum atomic E-state index is 12.7. The van der Waals surface area contributed by atoms with Crippen LogP contribution in [0.4, 0.5) is 0 Å². The summed E-state index contributed by atoms with van der Waals surface area (Å²) in [5.74, 6) is 0.347. The van der Waals surface area contributed by atoms with Crippen LogP contribution in [0, 0.1) is 5.92 Å². The van der Waals surface area contributed by atoms with Crippen molar-refractivity contribution in [2.45, 2.75) is 46.2 Å². The molecule has 130 valence electrons. The van der Waals surface area contributed by atoms with E-state index in [0.29, 0.717) is 12.3 Å². The zero-order valence-corrected chi connectivity index (χ0v) is 14.8. The van der Waals surface area contributed by atoms with Gasteiger partial charge < -0.3 is 15.0 Å². The Hall–Kier alpha value is -2.30. The number of ether oxygens (including phenoxy) is 1. The molecule has 0 aromatic heterocycles. The molecule has 5 nitrogen and oxygen atoms in total. The number of nitrogens with one attached hydrogen (secondary N) is 1. The highest BCUT2D eigenvalue weighted by molar-refractivity contribution is 5.93. The third-order valence-electron chi connectivity index (χ3n) is 4.06. The van der Waals surface area contributed by atoms with Gasteiger partial charge in [-0.3, -0.25) is 9.59 Å². The van der Waals surface area contributed by atoms with Crippen molar-refractivity contribution in [3.63, 3.8) is 0 Å². The summed E-state index contributed by atoms with van der Waals surface area (Å²) >= 11 is 0. The van der Waals surface area contributed by atoms with E-state index in [1.54, 1.807) is 4.90 Å². The first-order chi connectivity index (χ1) is 11.4. The molecule has 2 bridgehead atoms. The standard InChI is InChI=1S/C19H26N2O3/c1-13(2)18-19(23)20-11-9-15-5-7-16(8-6-15)24-12-10-17(22)21(18)14(3)4/h5-8,10,12-14,18H,9,11H2,1-4H3,(H,20,23)/b12-10-. The van der Waals surface area contributed by atoms with Crippen LogP contribution in [0.15, 0.2) is 36.6 Å². The topological polar surface area (TPSA) is 58.6 Å². The molecule has 1 unspecified atom stereocenters. The lowest BCUT2D eigenvalue weighted by Gasteiger charge is -2.35. The van der Waals surface area contributed by atoms with Crippen molar-refractivity contribution in [2.75, 3.05) is 6.54 Å². The third-order valence-corrected chi connectivity index (χ3v) is 4.06. The molecule has 1 N–H and O–H groups in total. The molecule has 0 fully saturated rings. The Morgan fingerprint density at radius 3 is 2.38 bits per heavy atom. The fourth-order valence-corrected chi connectivity index (χ4v) is 2.89. The summed E-state index contributed by atoms with van der Waals surface area (Å²) < 4.78 is 5.50. The Labute approximate surface area is 143 Å². The Bertz CT molecular complexity index is 606. The van der Waals surface area contributed by atoms with Crippen molar-refractivity contribution >= 4 is 11.8 Å². The van der Waals surface area contributed by atoms with Gasteiger partial charge in [0.05, 0.1) is 6.26 Å². The van der Waals surface area contributed by atoms with E-state index in [1.165, 1.54) is 12.3 Å². The molecule has 0 aliphatic carbocycles. The molecule has 1 aromatic carbocycles. The molecule has 3 rings (SSSR count). The van der Waals surface area contributed by atoms with Gasteiger partial charge in [0.15, 0.2) is 0 Å². The van der Waals surface area contributed by atoms with Gasteiger partial charge in [-0.05, 0) is 43.9 Å². The van der Waals surface area contributed by atoms with E-state index >= 15 is 0 Å². The summed E-state index contributed by atoms with van der Waals surface area (Å²) in [6.07, 6.45) is 3.50. The first-order valence-corrected chi connectivity index (χ1v) is 8.42. The van der Waals surface area contributed by atoms with Crippen LogP contribution < -0.4 is 10.1 Å². The predicted molar refractivity (Wildman–Crippen MR) is 93.5 cm³/mol. The van der Waals surface area contributed by atoms with E-state index < -0.39 is 6.04 Å². The van der Waals surface area contributed by atoms with E-state index in [-0.39, 0.29) is 23.8 Å². The Morgan fingerprint density at radius 2 is 1.79 bits per heavy atom. The highest BCUT2D eigenvalue weighted by Crippen LogP contribution is 2.17. The van der Waals surface area contributed by atoms with E-state index in [0.717, 1.165) is 12.0 Å². The molecule has 2 amide bonds. The minimum Gasteiger partial charge on any atom is -0.465 e. The number of rotatable bonds is 2. The summed E-state index contributed by atoms with van der Waals surface area (Å²) in [6.45, 7) is 8.27. The highest BCUT2D eigenvalue weighted by Gasteiger charge is 2.33. The first kappa shape index (κ1) is 18.0. The van der Waals surface area contributed by atoms with Crippen LogP contribution in [-0.2, 0) is 16.0 Å². The largest absolute Gasteiger partial charge is 0.465 e. The number of carbonyl (C=O) groups is 2. The summed E-state index contributed by atoms with van der Waals surface area (Å²) in [5, 5.41) is 2.97. The van der Waals surface area contributed by atoms with Crippen molar-refractivity contribution in [1.82, 2.24) is 10.2 Å². The third kappa shape index (κ3) is 4.37. The minimum absolute atomic E-state index is 0.0110. The SMILES string of the molecule is CC(C)C1C(=O)NCCc2ccc(cc2)O/C=C\C(=O)N1C(C)C. The van der Waals surface area contributed by atoms with Crippen LogP contribution in [0.5, 0.6) is 5.75 Å². The Balaban J connectivity index is 2.34. The minimum atomic E-state index is -0.508. The van der Waals surface area contributed by atoms with Crippen LogP contribution in [0.25, 0.3) is 0 Å². The fourth-order valence-electron chi connectivity index (χ4n) is 2.89. The number of benzene rings is 1. The average Bonchev–Trinajstić information content (AvgIpc) is 2.52. The summed E-state index contributed by atoms with van der Waals surface area (Å²) in [7, 11) is 0. The number of hydrogen-bond acceptors (Lipinski definition) is 3. The van der Waals surface area contributed by atoms with Crippen LogP contribution in [0.1, 0.15) is 33.3 Å². The average molecular weight is 330 g/mol. The summed E-state index contributed by atoms with van der Waals surface area (Å²) in [6, 6.07) is 7.04. The molecule has 2 aliphatic heterocycles. The second kappa shape index (κ2) is 7.99. The summed E-state index contributed by atoms with van der Waals surface area (Å²) in [4.78, 5) is 26.9. The van der Waals surface area contributed by atoms with Crippen LogP contribution in [-0.4, -0.2) is 35.3 Å². The van der Waals surface area contributed by atoms with Crippen molar-refractivity contribution in [2.24, 2.45) is 5.92 Å². The van der Waals surface area contributed by atoms with Gasteiger partial charge in [-0.1, -0.05) is 26.0 Å². The van der Waals surface area contributed by atoms with Crippen molar-refractivity contribution in [1.29, 1.82) is 0 Å². The van der Waals surface area contributed by atoms with Gasteiger partial charge in [0.1, 0.15) is 11.8 Å². The molecule has 2 aliphatic rings. The normalized spacial score (nSPS) is 20.8. The molecule has 5 heteroatoms. The number of amides is 2. The van der Waals surface area contributed by atoms with Crippen molar-refractivity contribution in [3.8, 4) is 5.75 Å². The summed E-state index contributed by atoms with van der Waals surface area (Å²) in [5.41, 5.74) is 1.13. The molecular weight excluding hydrogens is 304 g/mol. The number of carbonyl (C=O) groups excluding carboxylic acids is 2. The van der Waals surface area contributed by atoms with Crippen LogP contribution in [0.2, 0.25) is 0 Å². The van der Waals surface area contributed by atoms with Crippen molar-refractivity contribution < 1.29 is 14.3 Å². The fraction of sp³-hybridized carbons (Fsp3) is 0.474. The van der Waals surface area contributed by atoms with Gasteiger partial charge in [-0.2, -0.15) is 0 Å². The maximum absolute atomic E-state index is 12.7. The lowest BCUT2D eigenvalue weighted by Crippen LogP contribution is -2.54. The Morgan fingerprint density at radius 1 is 1.12 bits per heavy atom. The molecule has 0 saturated carbocycles. The smallest absolute Gasteiger partial charge is 0.250 e. The van der Waals surface area contributed by atoms with E-state index in [2.05, 4.69) is 5.32 Å². The second-order valence-corrected chi connectivity index (χ2v) is 6.63. The molecule has 0 radical (unpaired) electrons. The molecule has 24 heavy (non-hydrogen) atoms. The maximum Gasteiger partial charge on any atom is 0.250 e. The monoisotopic (exact) mass is 330 g/mol. The molecule has 2 heterocycles. The Kier molecular flexibility index (Phi) is 6.01. The molecule has 0 saturated heterocycles. The zero-order chi connectivity index (χ0) is 17.7. The van der Waals surface area contributed by atoms with Gasteiger partial charge in [0.25, 0.3) is 5.91 Å². The lowest BCUT2D eigenvalue weighted by atomic mass is 9.99. The van der Waals surface area contributed by atoms with E-state index in [9.17, 15) is 9.59 Å². The van der Waals surface area contributed by atoms with Gasteiger partial charge in [-0.25, -0.2) is 0 Å². The molecular formula is C19H26N2O3. The zero-order valence-electron chi connectivity index (χ0n) is 14.8. The van der Waals surface area contributed by atoms with E-state index in [4.69, 9.17) is 4.74 Å². The van der Waals surface area contributed by atoms with Gasteiger partial charge >= 0.3 is 0 Å². The highest BCUT2D eigenvalue weighted by atomic mass is 16.5. The number of hydrogen-bond donors (Lipinski definition) is 1. The molecule has 1 atom stereocenters. The second-order valence-electron chi connectivity index (χ2n) is 6.63. The van der Waals surface area contributed by atoms with Crippen LogP contribution >= 0.6 is 0 Å². The molecule has 0 spiro atoms. The van der Waals surface area contributed by atoms with E-state index in [1.807, 2.05) is 52.0 Å². The van der Waals surface area contributed by atoms with Crippen LogP contribution in [0.3, 0.4) is 0 Å². The van der Waals surface area contributed by atoms with Crippen molar-refractivity contribution in [3.05, 3.63) is 42.2 Å². The van der Waals surface area contributed by atoms with Gasteiger partial charge in [0.2, 0.25) is 5.91 Å². The number of fused-ring (bicyclic) bond motifs is 10. The number of nitrogens with zero attached hydrogens (tertiary/aromatic N) is 1. The quantitative estimate of drug-likeness (QED) is 0.906. The van der Waals surface area contributed by atoms with Gasteiger partial charge in [-0.15, -0.1) is 0 Å². The molecule has 1 aromatic rings. The predicted octanol–water partition coefficient (Wildman–Crippen LogP) is 2.51.